The minimum absolute atomic E-state index is 0.00685. The van der Waals surface area contributed by atoms with Crippen LogP contribution in [0.25, 0.3) is 10.8 Å². The van der Waals surface area contributed by atoms with Crippen molar-refractivity contribution in [1.29, 1.82) is 0 Å². The molecule has 0 aliphatic carbocycles. The van der Waals surface area contributed by atoms with Crippen molar-refractivity contribution in [2.75, 3.05) is 6.61 Å². The summed E-state index contributed by atoms with van der Waals surface area (Å²) in [5.41, 5.74) is 1.89. The van der Waals surface area contributed by atoms with Crippen molar-refractivity contribution in [2.45, 2.75) is 20.8 Å². The first-order valence-electron chi connectivity index (χ1n) is 6.30. The van der Waals surface area contributed by atoms with Crippen LogP contribution in [0.4, 0.5) is 5.69 Å². The summed E-state index contributed by atoms with van der Waals surface area (Å²) in [6.07, 6.45) is 0. The van der Waals surface area contributed by atoms with E-state index in [0.717, 1.165) is 21.9 Å². The number of ether oxygens (including phenoxy) is 1. The third kappa shape index (κ3) is 2.47. The van der Waals surface area contributed by atoms with E-state index in [0.29, 0.717) is 0 Å². The van der Waals surface area contributed by atoms with E-state index >= 15 is 0 Å². The van der Waals surface area contributed by atoms with E-state index in [2.05, 4.69) is 0 Å². The van der Waals surface area contributed by atoms with Gasteiger partial charge in [-0.15, -0.1) is 0 Å². The summed E-state index contributed by atoms with van der Waals surface area (Å²) >= 11 is 0. The summed E-state index contributed by atoms with van der Waals surface area (Å²) < 4.78 is 4.88. The number of nitrogens with zero attached hydrogens (tertiary/aromatic N) is 1. The van der Waals surface area contributed by atoms with E-state index in [9.17, 15) is 14.9 Å². The molecule has 0 atom stereocenters. The third-order valence-electron chi connectivity index (χ3n) is 3.26. The van der Waals surface area contributed by atoms with Gasteiger partial charge in [0.25, 0.3) is 5.69 Å². The molecule has 0 spiro atoms. The first-order valence-corrected chi connectivity index (χ1v) is 6.30. The molecule has 0 radical (unpaired) electrons. The van der Waals surface area contributed by atoms with Crippen LogP contribution < -0.4 is 0 Å². The fraction of sp³-hybridized carbons (Fsp3) is 0.267. The lowest BCUT2D eigenvalue weighted by atomic mass is 10.00. The molecule has 0 aromatic heterocycles. The number of aryl methyl sites for hydroxylation is 2. The highest BCUT2D eigenvalue weighted by Gasteiger charge is 2.22. The van der Waals surface area contributed by atoms with Gasteiger partial charge in [-0.05, 0) is 48.7 Å². The largest absolute Gasteiger partial charge is 0.462 e. The molecule has 0 amide bonds. The number of esters is 1. The van der Waals surface area contributed by atoms with Crippen molar-refractivity contribution in [1.82, 2.24) is 0 Å². The Morgan fingerprint density at radius 3 is 2.20 bits per heavy atom. The number of rotatable bonds is 3. The molecule has 0 saturated carbocycles. The van der Waals surface area contributed by atoms with Crippen LogP contribution in [-0.4, -0.2) is 17.5 Å². The van der Waals surface area contributed by atoms with Gasteiger partial charge in [-0.3, -0.25) is 10.1 Å². The Labute approximate surface area is 116 Å². The van der Waals surface area contributed by atoms with Crippen molar-refractivity contribution in [3.8, 4) is 0 Å². The van der Waals surface area contributed by atoms with Crippen LogP contribution in [0, 0.1) is 24.0 Å². The lowest BCUT2D eigenvalue weighted by Crippen LogP contribution is -2.08. The highest BCUT2D eigenvalue weighted by Crippen LogP contribution is 2.28. The van der Waals surface area contributed by atoms with Gasteiger partial charge < -0.3 is 4.74 Å². The van der Waals surface area contributed by atoms with E-state index in [1.807, 2.05) is 26.0 Å². The number of benzene rings is 2. The van der Waals surface area contributed by atoms with Crippen LogP contribution in [0.5, 0.6) is 0 Å². The molecule has 0 aliphatic heterocycles. The highest BCUT2D eigenvalue weighted by atomic mass is 16.6. The zero-order chi connectivity index (χ0) is 14.9. The quantitative estimate of drug-likeness (QED) is 0.487. The number of carbonyl (C=O) groups excluding carboxylic acids is 1. The van der Waals surface area contributed by atoms with Crippen LogP contribution in [-0.2, 0) is 4.74 Å². The molecule has 20 heavy (non-hydrogen) atoms. The molecule has 0 unspecified atom stereocenters. The van der Waals surface area contributed by atoms with E-state index in [1.165, 1.54) is 12.1 Å². The number of fused-ring (bicyclic) bond motifs is 1. The lowest BCUT2D eigenvalue weighted by Gasteiger charge is -2.07. The maximum absolute atomic E-state index is 11.8. The second-order valence-electron chi connectivity index (χ2n) is 4.63. The van der Waals surface area contributed by atoms with Gasteiger partial charge in [-0.2, -0.15) is 0 Å². The summed E-state index contributed by atoms with van der Waals surface area (Å²) in [6, 6.07) is 6.75. The van der Waals surface area contributed by atoms with Crippen LogP contribution in [0.2, 0.25) is 0 Å². The molecule has 2 aromatic carbocycles. The van der Waals surface area contributed by atoms with Gasteiger partial charge >= 0.3 is 5.97 Å². The van der Waals surface area contributed by atoms with Crippen molar-refractivity contribution in [3.63, 3.8) is 0 Å². The minimum Gasteiger partial charge on any atom is -0.462 e. The number of hydrogen-bond acceptors (Lipinski definition) is 4. The zero-order valence-corrected chi connectivity index (χ0v) is 11.6. The van der Waals surface area contributed by atoms with E-state index in [-0.39, 0.29) is 17.9 Å². The standard InChI is InChI=1S/C15H15NO4/c1-4-20-15(17)13-7-11-5-9(2)10(3)6-12(11)8-14(13)16(18)19/h5-8H,4H2,1-3H3. The second kappa shape index (κ2) is 5.28. The Balaban J connectivity index is 2.72. The molecular formula is C15H15NO4. The Kier molecular flexibility index (Phi) is 3.70. The van der Waals surface area contributed by atoms with Crippen LogP contribution in [0.1, 0.15) is 28.4 Å². The van der Waals surface area contributed by atoms with Gasteiger partial charge in [0.15, 0.2) is 0 Å². The SMILES string of the molecule is CCOC(=O)c1cc2cc(C)c(C)cc2cc1[N+](=O)[O-]. The summed E-state index contributed by atoms with van der Waals surface area (Å²) in [5.74, 6) is -0.667. The van der Waals surface area contributed by atoms with Crippen LogP contribution in [0.15, 0.2) is 24.3 Å². The Morgan fingerprint density at radius 2 is 1.70 bits per heavy atom. The monoisotopic (exact) mass is 273 g/mol. The van der Waals surface area contributed by atoms with Gasteiger partial charge in [-0.25, -0.2) is 4.79 Å². The number of nitro benzene ring substituents is 1. The average Bonchev–Trinajstić information content (AvgIpc) is 2.39. The molecule has 0 aliphatic rings. The number of nitro groups is 1. The smallest absolute Gasteiger partial charge is 0.345 e. The first kappa shape index (κ1) is 14.0. The molecule has 0 N–H and O–H groups in total. The predicted octanol–water partition coefficient (Wildman–Crippen LogP) is 3.54. The van der Waals surface area contributed by atoms with Gasteiger partial charge in [0.2, 0.25) is 0 Å². The van der Waals surface area contributed by atoms with Gasteiger partial charge in [0.05, 0.1) is 11.5 Å². The second-order valence-corrected chi connectivity index (χ2v) is 4.63. The molecule has 0 saturated heterocycles. The van der Waals surface area contributed by atoms with Crippen molar-refractivity contribution in [2.24, 2.45) is 0 Å². The van der Waals surface area contributed by atoms with Gasteiger partial charge in [0, 0.05) is 6.07 Å². The zero-order valence-electron chi connectivity index (χ0n) is 11.6. The fourth-order valence-corrected chi connectivity index (χ4v) is 2.09. The van der Waals surface area contributed by atoms with E-state index in [1.54, 1.807) is 6.92 Å². The Bertz CT molecular complexity index is 707. The summed E-state index contributed by atoms with van der Waals surface area (Å²) in [7, 11) is 0. The van der Waals surface area contributed by atoms with Crippen molar-refractivity contribution >= 4 is 22.4 Å². The Hall–Kier alpha value is -2.43. The number of hydrogen-bond donors (Lipinski definition) is 0. The van der Waals surface area contributed by atoms with Crippen LogP contribution in [0.3, 0.4) is 0 Å². The van der Waals surface area contributed by atoms with Crippen molar-refractivity contribution in [3.05, 3.63) is 51.1 Å². The topological polar surface area (TPSA) is 69.4 Å². The summed E-state index contributed by atoms with van der Waals surface area (Å²) in [5, 5.41) is 12.7. The lowest BCUT2D eigenvalue weighted by molar-refractivity contribution is -0.385. The average molecular weight is 273 g/mol. The molecule has 2 rings (SSSR count). The molecule has 0 heterocycles. The van der Waals surface area contributed by atoms with E-state index < -0.39 is 10.9 Å². The van der Waals surface area contributed by atoms with Gasteiger partial charge in [-0.1, -0.05) is 12.1 Å². The normalized spacial score (nSPS) is 10.6. The molecule has 104 valence electrons. The molecule has 2 aromatic rings. The highest BCUT2D eigenvalue weighted by molar-refractivity contribution is 6.00. The predicted molar refractivity (Wildman–Crippen MR) is 76.0 cm³/mol. The van der Waals surface area contributed by atoms with E-state index in [4.69, 9.17) is 4.74 Å². The Morgan fingerprint density at radius 1 is 1.15 bits per heavy atom. The maximum atomic E-state index is 11.8. The minimum atomic E-state index is -0.667. The maximum Gasteiger partial charge on any atom is 0.345 e. The fourth-order valence-electron chi connectivity index (χ4n) is 2.09. The summed E-state index contributed by atoms with van der Waals surface area (Å²) in [6.45, 7) is 5.75. The van der Waals surface area contributed by atoms with Crippen molar-refractivity contribution < 1.29 is 14.5 Å². The molecule has 0 bridgehead atoms. The molecule has 0 fully saturated rings. The van der Waals surface area contributed by atoms with Gasteiger partial charge in [0.1, 0.15) is 5.56 Å². The third-order valence-corrected chi connectivity index (χ3v) is 3.26. The molecule has 5 nitrogen and oxygen atoms in total. The first-order chi connectivity index (χ1) is 9.43. The summed E-state index contributed by atoms with van der Waals surface area (Å²) in [4.78, 5) is 22.4. The molecule has 5 heteroatoms. The molecular weight excluding hydrogens is 258 g/mol. The number of carbonyl (C=O) groups is 1. The van der Waals surface area contributed by atoms with Crippen LogP contribution >= 0.6 is 0 Å².